The summed E-state index contributed by atoms with van der Waals surface area (Å²) < 4.78 is 11.9. The van der Waals surface area contributed by atoms with Gasteiger partial charge in [-0.15, -0.1) is 0 Å². The van der Waals surface area contributed by atoms with E-state index < -0.39 is 0 Å². The zero-order valence-electron chi connectivity index (χ0n) is 18.7. The van der Waals surface area contributed by atoms with Crippen LogP contribution < -0.4 is 14.8 Å². The average molecular weight is 423 g/mol. The Bertz CT molecular complexity index is 850. The molecule has 1 amide bonds. The van der Waals surface area contributed by atoms with Crippen LogP contribution in [0.1, 0.15) is 55.8 Å². The van der Waals surface area contributed by atoms with Gasteiger partial charge in [-0.25, -0.2) is 0 Å². The number of ether oxygens (including phenoxy) is 2. The third-order valence-electron chi connectivity index (χ3n) is 6.61. The predicted octanol–water partition coefficient (Wildman–Crippen LogP) is 5.37. The predicted molar refractivity (Wildman–Crippen MR) is 124 cm³/mol. The molecule has 1 aliphatic heterocycles. The Balaban J connectivity index is 1.28. The fourth-order valence-electron chi connectivity index (χ4n) is 4.53. The minimum absolute atomic E-state index is 0.128. The Morgan fingerprint density at radius 3 is 2.45 bits per heavy atom. The number of anilines is 1. The van der Waals surface area contributed by atoms with Crippen molar-refractivity contribution in [3.8, 4) is 11.5 Å². The van der Waals surface area contributed by atoms with E-state index in [1.165, 1.54) is 12.8 Å². The maximum atomic E-state index is 12.5. The minimum atomic E-state index is -0.128. The quantitative estimate of drug-likeness (QED) is 0.581. The Kier molecular flexibility index (Phi) is 7.13. The van der Waals surface area contributed by atoms with Crippen molar-refractivity contribution in [2.75, 3.05) is 25.5 Å². The van der Waals surface area contributed by atoms with Crippen molar-refractivity contribution in [3.05, 3.63) is 54.1 Å². The highest BCUT2D eigenvalue weighted by Crippen LogP contribution is 2.38. The van der Waals surface area contributed by atoms with Crippen LogP contribution in [0.2, 0.25) is 0 Å². The second-order valence-electron chi connectivity index (χ2n) is 8.85. The fourth-order valence-corrected chi connectivity index (χ4v) is 4.53. The lowest BCUT2D eigenvalue weighted by Crippen LogP contribution is -2.43. The van der Waals surface area contributed by atoms with Crippen LogP contribution in [0.15, 0.2) is 48.5 Å². The Hall–Kier alpha value is -2.53. The molecule has 0 aromatic heterocycles. The first-order valence-corrected chi connectivity index (χ1v) is 11.6. The first kappa shape index (κ1) is 21.7. The lowest BCUT2D eigenvalue weighted by molar-refractivity contribution is 0.0854. The zero-order chi connectivity index (χ0) is 21.6. The topological polar surface area (TPSA) is 50.8 Å². The molecule has 2 aromatic carbocycles. The second kappa shape index (κ2) is 10.2. The molecule has 3 atom stereocenters. The number of carbonyl (C=O) groups excluding carboxylic acids is 1. The molecule has 2 aromatic rings. The van der Waals surface area contributed by atoms with Gasteiger partial charge in [0, 0.05) is 23.8 Å². The van der Waals surface area contributed by atoms with Gasteiger partial charge < -0.3 is 19.7 Å². The number of likely N-dealkylation sites (tertiary alicyclic amines) is 1. The van der Waals surface area contributed by atoms with Crippen LogP contribution in [-0.4, -0.2) is 43.2 Å². The number of unbranched alkanes of at least 4 members (excludes halogenated alkanes) is 1. The molecule has 1 saturated heterocycles. The van der Waals surface area contributed by atoms with Crippen LogP contribution in [0.25, 0.3) is 0 Å². The van der Waals surface area contributed by atoms with Gasteiger partial charge in [-0.05, 0) is 93.6 Å². The molecule has 1 heterocycles. The standard InChI is InChI=1S/C26H34N2O3/c1-3-4-17-30-22-10-5-19(6-11-22)26(29)27-21-8-12-23(13-9-21)31-24-15-16-28(2)25-14-7-20(25)18-24/h5-6,8-13,20,24-25H,3-4,7,14-18H2,1-2H3,(H,27,29)/t20-,24-,25?/m1/s1. The molecule has 0 radical (unpaired) electrons. The molecule has 1 aliphatic carbocycles. The summed E-state index contributed by atoms with van der Waals surface area (Å²) in [6.45, 7) is 3.94. The van der Waals surface area contributed by atoms with Crippen molar-refractivity contribution in [1.82, 2.24) is 4.90 Å². The minimum Gasteiger partial charge on any atom is -0.494 e. The van der Waals surface area contributed by atoms with Crippen LogP contribution >= 0.6 is 0 Å². The van der Waals surface area contributed by atoms with Gasteiger partial charge in [-0.3, -0.25) is 4.79 Å². The second-order valence-corrected chi connectivity index (χ2v) is 8.85. The summed E-state index contributed by atoms with van der Waals surface area (Å²) in [5, 5.41) is 2.96. The van der Waals surface area contributed by atoms with E-state index in [1.807, 2.05) is 36.4 Å². The van der Waals surface area contributed by atoms with E-state index in [-0.39, 0.29) is 12.0 Å². The van der Waals surface area contributed by atoms with Gasteiger partial charge in [0.1, 0.15) is 17.6 Å². The SMILES string of the molecule is CCCCOc1ccc(C(=O)Nc2ccc(O[C@@H]3CCN(C)C4CC[C@@H]4C3)cc2)cc1. The monoisotopic (exact) mass is 422 g/mol. The van der Waals surface area contributed by atoms with Crippen molar-refractivity contribution in [2.24, 2.45) is 5.92 Å². The average Bonchev–Trinajstić information content (AvgIpc) is 2.86. The maximum absolute atomic E-state index is 12.5. The van der Waals surface area contributed by atoms with Crippen LogP contribution in [0.3, 0.4) is 0 Å². The van der Waals surface area contributed by atoms with Gasteiger partial charge in [0.25, 0.3) is 5.91 Å². The van der Waals surface area contributed by atoms with Gasteiger partial charge in [-0.2, -0.15) is 0 Å². The van der Waals surface area contributed by atoms with Crippen LogP contribution in [0, 0.1) is 5.92 Å². The molecule has 166 valence electrons. The molecule has 5 nitrogen and oxygen atoms in total. The molecule has 1 N–H and O–H groups in total. The molecule has 2 aliphatic rings. The molecule has 1 unspecified atom stereocenters. The van der Waals surface area contributed by atoms with Gasteiger partial charge in [0.15, 0.2) is 0 Å². The van der Waals surface area contributed by atoms with E-state index in [9.17, 15) is 4.79 Å². The van der Waals surface area contributed by atoms with Crippen molar-refractivity contribution < 1.29 is 14.3 Å². The number of nitrogens with one attached hydrogen (secondary N) is 1. The summed E-state index contributed by atoms with van der Waals surface area (Å²) in [5.41, 5.74) is 1.38. The number of fused-ring (bicyclic) bond motifs is 1. The van der Waals surface area contributed by atoms with E-state index >= 15 is 0 Å². The normalized spacial score (nSPS) is 23.2. The third kappa shape index (κ3) is 5.59. The summed E-state index contributed by atoms with van der Waals surface area (Å²) in [6, 6.07) is 15.8. The largest absolute Gasteiger partial charge is 0.494 e. The van der Waals surface area contributed by atoms with E-state index in [0.717, 1.165) is 61.4 Å². The van der Waals surface area contributed by atoms with Crippen LogP contribution in [0.4, 0.5) is 5.69 Å². The highest BCUT2D eigenvalue weighted by atomic mass is 16.5. The number of hydrogen-bond acceptors (Lipinski definition) is 4. The van der Waals surface area contributed by atoms with Gasteiger partial charge >= 0.3 is 0 Å². The Labute approximate surface area is 185 Å². The first-order valence-electron chi connectivity index (χ1n) is 11.6. The molecule has 1 saturated carbocycles. The fraction of sp³-hybridized carbons (Fsp3) is 0.500. The van der Waals surface area contributed by atoms with E-state index in [2.05, 4.69) is 24.2 Å². The highest BCUT2D eigenvalue weighted by Gasteiger charge is 2.38. The molecular formula is C26H34N2O3. The molecule has 4 rings (SSSR count). The molecular weight excluding hydrogens is 388 g/mol. The number of nitrogens with zero attached hydrogens (tertiary/aromatic N) is 1. The summed E-state index contributed by atoms with van der Waals surface area (Å²) in [6.07, 6.45) is 7.27. The van der Waals surface area contributed by atoms with Crippen molar-refractivity contribution in [2.45, 2.75) is 57.6 Å². The van der Waals surface area contributed by atoms with Crippen LogP contribution in [0.5, 0.6) is 11.5 Å². The zero-order valence-corrected chi connectivity index (χ0v) is 18.7. The number of hydrogen-bond donors (Lipinski definition) is 1. The maximum Gasteiger partial charge on any atom is 0.255 e. The van der Waals surface area contributed by atoms with E-state index in [4.69, 9.17) is 9.47 Å². The summed E-state index contributed by atoms with van der Waals surface area (Å²) in [4.78, 5) is 15.0. The van der Waals surface area contributed by atoms with Gasteiger partial charge in [0.05, 0.1) is 6.61 Å². The number of benzene rings is 2. The Morgan fingerprint density at radius 1 is 1.03 bits per heavy atom. The van der Waals surface area contributed by atoms with Gasteiger partial charge in [0.2, 0.25) is 0 Å². The number of carbonyl (C=O) groups is 1. The summed E-state index contributed by atoms with van der Waals surface area (Å²) >= 11 is 0. The van der Waals surface area contributed by atoms with E-state index in [0.29, 0.717) is 12.2 Å². The Morgan fingerprint density at radius 2 is 1.77 bits per heavy atom. The smallest absolute Gasteiger partial charge is 0.255 e. The third-order valence-corrected chi connectivity index (χ3v) is 6.61. The molecule has 31 heavy (non-hydrogen) atoms. The molecule has 0 spiro atoms. The highest BCUT2D eigenvalue weighted by molar-refractivity contribution is 6.04. The number of rotatable bonds is 8. The number of amides is 1. The first-order chi connectivity index (χ1) is 15.1. The van der Waals surface area contributed by atoms with Crippen LogP contribution in [-0.2, 0) is 0 Å². The molecule has 5 heteroatoms. The van der Waals surface area contributed by atoms with Gasteiger partial charge in [-0.1, -0.05) is 13.3 Å². The van der Waals surface area contributed by atoms with Crippen molar-refractivity contribution in [1.29, 1.82) is 0 Å². The molecule has 2 fully saturated rings. The lowest BCUT2D eigenvalue weighted by atomic mass is 9.76. The van der Waals surface area contributed by atoms with E-state index in [1.54, 1.807) is 12.1 Å². The molecule has 0 bridgehead atoms. The summed E-state index contributed by atoms with van der Waals surface area (Å²) in [5.74, 6) is 2.32. The van der Waals surface area contributed by atoms with Crippen molar-refractivity contribution in [3.63, 3.8) is 0 Å². The lowest BCUT2D eigenvalue weighted by Gasteiger charge is -2.41. The summed E-state index contributed by atoms with van der Waals surface area (Å²) in [7, 11) is 2.24. The van der Waals surface area contributed by atoms with Crippen molar-refractivity contribution >= 4 is 11.6 Å².